The number of nitrogens with one attached hydrogen (secondary N) is 2. The molecule has 0 aromatic heterocycles. The highest BCUT2D eigenvalue weighted by molar-refractivity contribution is 6.32. The lowest BCUT2D eigenvalue weighted by Crippen LogP contribution is -2.47. The molecule has 0 radical (unpaired) electrons. The Labute approximate surface area is 141 Å². The maximum Gasteiger partial charge on any atom is 0.239 e. The van der Waals surface area contributed by atoms with Crippen LogP contribution in [0.4, 0.5) is 5.69 Å². The molecule has 0 spiro atoms. The standard InChI is InChI=1S/C16H23ClN2O4/c1-9(2)18-14(20)16(3,4)15(21)19-11-8-12(22-5)10(17)7-13(11)23-6/h7-9H,1-6H3,(H,18,20)(H,19,21). The Bertz CT molecular complexity index is 600. The van der Waals surface area contributed by atoms with E-state index in [0.717, 1.165) is 0 Å². The van der Waals surface area contributed by atoms with E-state index in [1.807, 2.05) is 13.8 Å². The minimum atomic E-state index is -1.25. The van der Waals surface area contributed by atoms with E-state index in [4.69, 9.17) is 21.1 Å². The molecular formula is C16H23ClN2O4. The Morgan fingerprint density at radius 2 is 1.65 bits per heavy atom. The molecule has 0 saturated carbocycles. The number of benzene rings is 1. The molecule has 2 N–H and O–H groups in total. The molecule has 0 atom stereocenters. The molecule has 0 bridgehead atoms. The summed E-state index contributed by atoms with van der Waals surface area (Å²) in [6, 6.07) is 3.03. The average Bonchev–Trinajstić information content (AvgIpc) is 2.47. The van der Waals surface area contributed by atoms with Gasteiger partial charge in [-0.3, -0.25) is 9.59 Å². The molecule has 7 heteroatoms. The number of hydrogen-bond acceptors (Lipinski definition) is 4. The summed E-state index contributed by atoms with van der Waals surface area (Å²) in [7, 11) is 2.93. The van der Waals surface area contributed by atoms with Crippen molar-refractivity contribution in [2.24, 2.45) is 5.41 Å². The van der Waals surface area contributed by atoms with E-state index in [1.54, 1.807) is 19.9 Å². The minimum absolute atomic E-state index is 0.0558. The van der Waals surface area contributed by atoms with Crippen molar-refractivity contribution in [3.63, 3.8) is 0 Å². The molecule has 0 unspecified atom stereocenters. The van der Waals surface area contributed by atoms with Gasteiger partial charge in [0.1, 0.15) is 16.9 Å². The van der Waals surface area contributed by atoms with Crippen LogP contribution >= 0.6 is 11.6 Å². The smallest absolute Gasteiger partial charge is 0.239 e. The predicted molar refractivity (Wildman–Crippen MR) is 90.2 cm³/mol. The van der Waals surface area contributed by atoms with Crippen LogP contribution in [0.3, 0.4) is 0 Å². The van der Waals surface area contributed by atoms with E-state index in [-0.39, 0.29) is 11.9 Å². The molecule has 6 nitrogen and oxygen atoms in total. The molecule has 0 saturated heterocycles. The summed E-state index contributed by atoms with van der Waals surface area (Å²) < 4.78 is 10.3. The molecule has 0 fully saturated rings. The summed E-state index contributed by atoms with van der Waals surface area (Å²) in [4.78, 5) is 24.7. The summed E-state index contributed by atoms with van der Waals surface area (Å²) in [5.41, 5.74) is -0.869. The highest BCUT2D eigenvalue weighted by Gasteiger charge is 2.36. The fourth-order valence-corrected chi connectivity index (χ4v) is 2.01. The summed E-state index contributed by atoms with van der Waals surface area (Å²) in [6.45, 7) is 6.78. The van der Waals surface area contributed by atoms with Crippen molar-refractivity contribution in [2.75, 3.05) is 19.5 Å². The monoisotopic (exact) mass is 342 g/mol. The topological polar surface area (TPSA) is 76.7 Å². The van der Waals surface area contributed by atoms with Crippen molar-refractivity contribution in [3.05, 3.63) is 17.2 Å². The Hall–Kier alpha value is -1.95. The number of rotatable bonds is 6. The lowest BCUT2D eigenvalue weighted by molar-refractivity contribution is -0.138. The third kappa shape index (κ3) is 4.51. The molecule has 0 heterocycles. The lowest BCUT2D eigenvalue weighted by Gasteiger charge is -2.24. The number of halogens is 1. The van der Waals surface area contributed by atoms with Gasteiger partial charge in [-0.2, -0.15) is 0 Å². The zero-order valence-corrected chi connectivity index (χ0v) is 15.0. The SMILES string of the molecule is COc1cc(NC(=O)C(C)(C)C(=O)NC(C)C)c(OC)cc1Cl. The molecule has 1 aromatic rings. The van der Waals surface area contributed by atoms with Gasteiger partial charge in [0.15, 0.2) is 0 Å². The first-order chi connectivity index (χ1) is 10.6. The van der Waals surface area contributed by atoms with Gasteiger partial charge in [0.25, 0.3) is 0 Å². The number of carbonyl (C=O) groups is 2. The van der Waals surface area contributed by atoms with Crippen LogP contribution in [0, 0.1) is 5.41 Å². The Kier molecular flexibility index (Phi) is 6.27. The summed E-state index contributed by atoms with van der Waals surface area (Å²) in [5.74, 6) is -0.0420. The van der Waals surface area contributed by atoms with Crippen molar-refractivity contribution in [1.82, 2.24) is 5.32 Å². The molecule has 23 heavy (non-hydrogen) atoms. The first-order valence-corrected chi connectivity index (χ1v) is 7.55. The normalized spacial score (nSPS) is 11.1. The van der Waals surface area contributed by atoms with Crippen LogP contribution in [0.5, 0.6) is 11.5 Å². The molecule has 128 valence electrons. The number of amides is 2. The molecular weight excluding hydrogens is 320 g/mol. The molecule has 1 aromatic carbocycles. The van der Waals surface area contributed by atoms with E-state index < -0.39 is 11.3 Å². The van der Waals surface area contributed by atoms with Crippen molar-refractivity contribution in [3.8, 4) is 11.5 Å². The number of carbonyl (C=O) groups excluding carboxylic acids is 2. The van der Waals surface area contributed by atoms with E-state index in [1.165, 1.54) is 20.3 Å². The molecule has 0 aliphatic carbocycles. The third-order valence-corrected chi connectivity index (χ3v) is 3.57. The molecule has 2 amide bonds. The van der Waals surface area contributed by atoms with Gasteiger partial charge in [0, 0.05) is 18.2 Å². The van der Waals surface area contributed by atoms with E-state index in [0.29, 0.717) is 22.2 Å². The maximum absolute atomic E-state index is 12.5. The average molecular weight is 343 g/mol. The quantitative estimate of drug-likeness (QED) is 0.779. The molecule has 1 rings (SSSR count). The van der Waals surface area contributed by atoms with Gasteiger partial charge < -0.3 is 20.1 Å². The number of hydrogen-bond donors (Lipinski definition) is 2. The van der Waals surface area contributed by atoms with E-state index >= 15 is 0 Å². The van der Waals surface area contributed by atoms with Gasteiger partial charge in [-0.05, 0) is 27.7 Å². The fraction of sp³-hybridized carbons (Fsp3) is 0.500. The van der Waals surface area contributed by atoms with Crippen molar-refractivity contribution in [1.29, 1.82) is 0 Å². The first kappa shape index (κ1) is 19.1. The summed E-state index contributed by atoms with van der Waals surface area (Å²) >= 11 is 6.03. The maximum atomic E-state index is 12.5. The van der Waals surface area contributed by atoms with Crippen LogP contribution in [0.1, 0.15) is 27.7 Å². The number of anilines is 1. The largest absolute Gasteiger partial charge is 0.495 e. The number of ether oxygens (including phenoxy) is 2. The third-order valence-electron chi connectivity index (χ3n) is 3.28. The van der Waals surface area contributed by atoms with Crippen molar-refractivity contribution in [2.45, 2.75) is 33.7 Å². The van der Waals surface area contributed by atoms with Crippen LogP contribution in [-0.2, 0) is 9.59 Å². The first-order valence-electron chi connectivity index (χ1n) is 7.17. The van der Waals surface area contributed by atoms with Crippen LogP contribution in [-0.4, -0.2) is 32.1 Å². The number of methoxy groups -OCH3 is 2. The van der Waals surface area contributed by atoms with Gasteiger partial charge in [-0.15, -0.1) is 0 Å². The van der Waals surface area contributed by atoms with Crippen molar-refractivity contribution >= 4 is 29.1 Å². The van der Waals surface area contributed by atoms with Gasteiger partial charge in [-0.25, -0.2) is 0 Å². The van der Waals surface area contributed by atoms with Crippen LogP contribution in [0.2, 0.25) is 5.02 Å². The van der Waals surface area contributed by atoms with Gasteiger partial charge in [-0.1, -0.05) is 11.6 Å². The molecule has 0 aliphatic rings. The fourth-order valence-electron chi connectivity index (χ4n) is 1.78. The van der Waals surface area contributed by atoms with Crippen LogP contribution < -0.4 is 20.1 Å². The second-order valence-corrected chi connectivity index (χ2v) is 6.30. The zero-order valence-electron chi connectivity index (χ0n) is 14.2. The van der Waals surface area contributed by atoms with Gasteiger partial charge in [0.05, 0.1) is 24.9 Å². The van der Waals surface area contributed by atoms with Gasteiger partial charge in [0.2, 0.25) is 11.8 Å². The second kappa shape index (κ2) is 7.55. The van der Waals surface area contributed by atoms with E-state index in [9.17, 15) is 9.59 Å². The van der Waals surface area contributed by atoms with E-state index in [2.05, 4.69) is 10.6 Å². The highest BCUT2D eigenvalue weighted by atomic mass is 35.5. The zero-order chi connectivity index (χ0) is 17.8. The Balaban J connectivity index is 3.06. The van der Waals surface area contributed by atoms with Crippen LogP contribution in [0.15, 0.2) is 12.1 Å². The minimum Gasteiger partial charge on any atom is -0.495 e. The Morgan fingerprint density at radius 1 is 1.09 bits per heavy atom. The van der Waals surface area contributed by atoms with Gasteiger partial charge >= 0.3 is 0 Å². The summed E-state index contributed by atoms with van der Waals surface area (Å²) in [6.07, 6.45) is 0. The highest BCUT2D eigenvalue weighted by Crippen LogP contribution is 2.36. The Morgan fingerprint density at radius 3 is 2.13 bits per heavy atom. The lowest BCUT2D eigenvalue weighted by atomic mass is 9.90. The summed E-state index contributed by atoms with van der Waals surface area (Å²) in [5, 5.41) is 5.79. The predicted octanol–water partition coefficient (Wildman–Crippen LogP) is 2.85. The molecule has 0 aliphatic heterocycles. The van der Waals surface area contributed by atoms with Crippen LogP contribution in [0.25, 0.3) is 0 Å². The van der Waals surface area contributed by atoms with Crippen molar-refractivity contribution < 1.29 is 19.1 Å². The second-order valence-electron chi connectivity index (χ2n) is 5.89.